The van der Waals surface area contributed by atoms with Crippen LogP contribution in [0.3, 0.4) is 0 Å². The first-order valence-corrected chi connectivity index (χ1v) is 18.6. The highest BCUT2D eigenvalue weighted by Crippen LogP contribution is 2.83. The molecule has 0 fully saturated rings. The lowest BCUT2D eigenvalue weighted by Crippen LogP contribution is -2.21. The first kappa shape index (κ1) is 36.3. The predicted octanol–water partition coefficient (Wildman–Crippen LogP) is 11.2. The lowest BCUT2D eigenvalue weighted by Gasteiger charge is -2.35. The normalized spacial score (nSPS) is 13.0. The molecule has 0 atom stereocenters. The minimum absolute atomic E-state index is 0.262. The van der Waals surface area contributed by atoms with Gasteiger partial charge in [0.15, 0.2) is 0 Å². The van der Waals surface area contributed by atoms with Gasteiger partial charge in [-0.05, 0) is 57.5 Å². The van der Waals surface area contributed by atoms with Gasteiger partial charge in [0, 0.05) is 0 Å². The van der Waals surface area contributed by atoms with E-state index in [1.54, 1.807) is 0 Å². The van der Waals surface area contributed by atoms with Crippen LogP contribution in [0.1, 0.15) is 130 Å². The summed E-state index contributed by atoms with van der Waals surface area (Å²) in [5.41, 5.74) is 0. The van der Waals surface area contributed by atoms with Gasteiger partial charge in [0.2, 0.25) is 0 Å². The van der Waals surface area contributed by atoms with E-state index < -0.39 is 17.9 Å². The van der Waals surface area contributed by atoms with E-state index in [1.165, 1.54) is 0 Å². The second-order valence-electron chi connectivity index (χ2n) is 9.08. The molecule has 0 aliphatic heterocycles. The van der Waals surface area contributed by atoms with Gasteiger partial charge in [0.05, 0.1) is 26.4 Å². The van der Waals surface area contributed by atoms with Gasteiger partial charge in [0.1, 0.15) is 0 Å². The molecule has 212 valence electrons. The van der Waals surface area contributed by atoms with E-state index in [9.17, 15) is 9.13 Å². The molecule has 0 spiro atoms. The Morgan fingerprint density at radius 1 is 0.457 bits per heavy atom. The highest BCUT2D eigenvalue weighted by molar-refractivity contribution is 9.29. The van der Waals surface area contributed by atoms with E-state index in [0.29, 0.717) is 0 Å². The molecule has 10 heteroatoms. The Balaban J connectivity index is 5.56. The molecule has 0 aliphatic carbocycles. The van der Waals surface area contributed by atoms with Crippen LogP contribution in [0.25, 0.3) is 0 Å². The topological polar surface area (TPSA) is 71.1 Å². The largest absolute Gasteiger partial charge is 0.370 e. The summed E-state index contributed by atoms with van der Waals surface area (Å²) in [4.78, 5) is 0. The molecule has 0 rings (SSSR count). The maximum absolute atomic E-state index is 14.1. The third kappa shape index (κ3) is 14.8. The summed E-state index contributed by atoms with van der Waals surface area (Å²) < 4.78 is 50.1. The van der Waals surface area contributed by atoms with E-state index in [4.69, 9.17) is 18.1 Å². The van der Waals surface area contributed by atoms with Crippen molar-refractivity contribution in [2.45, 2.75) is 133 Å². The Labute approximate surface area is 233 Å². The quantitative estimate of drug-likeness (QED) is 0.0518. The molecular weight excluding hydrogens is 618 g/mol. The number of hydrogen-bond acceptors (Lipinski definition) is 6. The van der Waals surface area contributed by atoms with Crippen molar-refractivity contribution in [3.8, 4) is 0 Å². The number of halogens is 2. The summed E-state index contributed by atoms with van der Waals surface area (Å²) in [6, 6.07) is 0. The molecule has 0 heterocycles. The molecule has 0 radical (unpaired) electrons. The monoisotopic (exact) mass is 668 g/mol. The molecule has 35 heavy (non-hydrogen) atoms. The second-order valence-corrected chi connectivity index (χ2v) is 19.7. The smallest absolute Gasteiger partial charge is 0.307 e. The molecule has 6 nitrogen and oxygen atoms in total. The van der Waals surface area contributed by atoms with Crippen molar-refractivity contribution in [2.24, 2.45) is 0 Å². The Kier molecular flexibility index (Phi) is 22.9. The lowest BCUT2D eigenvalue weighted by atomic mass is 10.2. The highest BCUT2D eigenvalue weighted by Gasteiger charge is 2.63. The fourth-order valence-electron chi connectivity index (χ4n) is 3.39. The van der Waals surface area contributed by atoms with Crippen LogP contribution in [-0.4, -0.2) is 29.1 Å². The van der Waals surface area contributed by atoms with Crippen LogP contribution in [0.2, 0.25) is 0 Å². The van der Waals surface area contributed by atoms with Crippen molar-refractivity contribution >= 4 is 47.1 Å². The zero-order chi connectivity index (χ0) is 26.5. The average Bonchev–Trinajstić information content (AvgIpc) is 2.83. The van der Waals surface area contributed by atoms with E-state index in [0.717, 1.165) is 103 Å². The van der Waals surface area contributed by atoms with Gasteiger partial charge < -0.3 is 18.1 Å². The van der Waals surface area contributed by atoms with Crippen molar-refractivity contribution < 1.29 is 27.2 Å². The van der Waals surface area contributed by atoms with Crippen molar-refractivity contribution in [2.75, 3.05) is 26.4 Å². The molecule has 0 aromatic carbocycles. The fourth-order valence-corrected chi connectivity index (χ4v) is 9.99. The Morgan fingerprint density at radius 3 is 0.886 bits per heavy atom. The minimum Gasteiger partial charge on any atom is -0.307 e. The van der Waals surface area contributed by atoms with Gasteiger partial charge in [-0.25, -0.2) is 0 Å². The molecule has 0 bridgehead atoms. The number of rotatable bonds is 26. The number of unbranched alkanes of at least 4 members (excludes halogenated alkanes) is 12. The molecule has 0 aromatic rings. The van der Waals surface area contributed by atoms with Crippen LogP contribution in [-0.2, 0) is 27.2 Å². The standard InChI is InChI=1S/C25H52Br2O6P2/c1-5-9-13-17-21-30-34(28,31-22-18-14-10-6-2)25(26,27)35(29,32-23-19-15-11-7-3)33-24-20-16-12-8-4/h5-24H2,1-4H3. The van der Waals surface area contributed by atoms with Crippen LogP contribution < -0.4 is 0 Å². The van der Waals surface area contributed by atoms with E-state index in [1.807, 2.05) is 0 Å². The Hall–Kier alpha value is 1.26. The van der Waals surface area contributed by atoms with Gasteiger partial charge in [-0.15, -0.1) is 0 Å². The van der Waals surface area contributed by atoms with Crippen LogP contribution in [0.5, 0.6) is 0 Å². The summed E-state index contributed by atoms with van der Waals surface area (Å²) in [6.45, 7) is 9.60. The van der Waals surface area contributed by atoms with Gasteiger partial charge in [-0.1, -0.05) is 105 Å². The maximum Gasteiger partial charge on any atom is 0.370 e. The van der Waals surface area contributed by atoms with E-state index in [2.05, 4.69) is 59.6 Å². The van der Waals surface area contributed by atoms with Crippen LogP contribution in [0.15, 0.2) is 0 Å². The van der Waals surface area contributed by atoms with Crippen molar-refractivity contribution in [1.29, 1.82) is 0 Å². The molecule has 0 unspecified atom stereocenters. The minimum atomic E-state index is -3.94. The van der Waals surface area contributed by atoms with E-state index in [-0.39, 0.29) is 26.4 Å². The van der Waals surface area contributed by atoms with Gasteiger partial charge in [0.25, 0.3) is 2.72 Å². The third-order valence-electron chi connectivity index (χ3n) is 5.70. The molecule has 0 aromatic heterocycles. The maximum atomic E-state index is 14.1. The summed E-state index contributed by atoms with van der Waals surface area (Å²) in [5, 5.41) is 0. The molecular formula is C25H52Br2O6P2. The first-order chi connectivity index (χ1) is 16.7. The lowest BCUT2D eigenvalue weighted by molar-refractivity contribution is 0.180. The molecule has 0 aliphatic rings. The van der Waals surface area contributed by atoms with Gasteiger partial charge in [-0.3, -0.25) is 9.13 Å². The van der Waals surface area contributed by atoms with Gasteiger partial charge >= 0.3 is 15.2 Å². The molecule has 0 N–H and O–H groups in total. The van der Waals surface area contributed by atoms with Gasteiger partial charge in [-0.2, -0.15) is 0 Å². The summed E-state index contributed by atoms with van der Waals surface area (Å²) in [6.07, 6.45) is 15.7. The van der Waals surface area contributed by atoms with Crippen LogP contribution in [0, 0.1) is 0 Å². The average molecular weight is 670 g/mol. The summed E-state index contributed by atoms with van der Waals surface area (Å²) >= 11 is 6.90. The Bertz CT molecular complexity index is 508. The van der Waals surface area contributed by atoms with Crippen molar-refractivity contribution in [1.82, 2.24) is 0 Å². The van der Waals surface area contributed by atoms with E-state index >= 15 is 0 Å². The summed E-state index contributed by atoms with van der Waals surface area (Å²) in [5.74, 6) is 0. The Morgan fingerprint density at radius 2 is 0.686 bits per heavy atom. The summed E-state index contributed by atoms with van der Waals surface area (Å²) in [7, 11) is -7.89. The number of hydrogen-bond donors (Lipinski definition) is 0. The SMILES string of the molecule is CCCCCCOP(=O)(OCCCCCC)C(Br)(Br)P(=O)(OCCCCCC)OCCCCCC. The molecule has 0 saturated heterocycles. The zero-order valence-electron chi connectivity index (χ0n) is 22.7. The highest BCUT2D eigenvalue weighted by atomic mass is 79.9. The van der Waals surface area contributed by atoms with Crippen molar-refractivity contribution in [3.63, 3.8) is 0 Å². The fraction of sp³-hybridized carbons (Fsp3) is 1.00. The van der Waals surface area contributed by atoms with Crippen LogP contribution in [0.4, 0.5) is 0 Å². The van der Waals surface area contributed by atoms with Crippen molar-refractivity contribution in [3.05, 3.63) is 0 Å². The molecule has 0 saturated carbocycles. The number of alkyl halides is 2. The second kappa shape index (κ2) is 22.1. The van der Waals surface area contributed by atoms with Crippen LogP contribution >= 0.6 is 47.1 Å². The molecule has 0 amide bonds. The third-order valence-corrected chi connectivity index (χ3v) is 15.8. The predicted molar refractivity (Wildman–Crippen MR) is 156 cm³/mol. The first-order valence-electron chi connectivity index (χ1n) is 13.9. The zero-order valence-corrected chi connectivity index (χ0v) is 27.7.